The first kappa shape index (κ1) is 49.3. The van der Waals surface area contributed by atoms with E-state index in [9.17, 15) is 24.9 Å². The van der Waals surface area contributed by atoms with E-state index in [0.29, 0.717) is 18.8 Å². The van der Waals surface area contributed by atoms with Crippen LogP contribution in [0.4, 0.5) is 0 Å². The van der Waals surface area contributed by atoms with Crippen LogP contribution in [0.1, 0.15) is 141 Å². The Morgan fingerprint density at radius 1 is 0.507 bits per heavy atom. The highest BCUT2D eigenvalue weighted by Crippen LogP contribution is 2.64. The summed E-state index contributed by atoms with van der Waals surface area (Å²) in [5.41, 5.74) is 7.33. The maximum Gasteiger partial charge on any atom is 0.339 e. The number of aromatic hydroxyl groups is 1. The maximum atomic E-state index is 11.3. The number of hydrogen-bond donors (Lipinski definition) is 3. The number of methoxy groups -OCH3 is 1. The summed E-state index contributed by atoms with van der Waals surface area (Å²) in [4.78, 5) is 22.6. The lowest BCUT2D eigenvalue weighted by Crippen LogP contribution is -2.48. The van der Waals surface area contributed by atoms with Gasteiger partial charge in [0, 0.05) is 18.2 Å². The standard InChI is InChI=1S/C33H38O4.C31H34O5/c1-2-3-4-5-10-37-31-17-26-7-6-24(25-8-9-28(32(35)36)30(34)16-25)14-27(26)15-29(31)33-18-21-11-22(19-33)13-23(12-21)20-33;1-34-8-9-35-19-36-29-15-26-7-6-25(23-2-4-24(5-3-23)30(32)33)13-27(26)14-28(29)31-16-20-10-21(17-31)12-22(11-20)18-31/h6-9,14-17,21-23,34H,2-5,10-13,18-20H2,1H3,(H,35,36);2-7,13-15,20-22H,8-12,16-19H2,1H3,(H,32,33). The predicted molar refractivity (Wildman–Crippen MR) is 287 cm³/mol. The molecule has 0 heterocycles. The van der Waals surface area contributed by atoms with E-state index in [0.717, 1.165) is 93.1 Å². The lowest BCUT2D eigenvalue weighted by molar-refractivity contribution is -0.0188. The van der Waals surface area contributed by atoms with Gasteiger partial charge in [-0.25, -0.2) is 9.59 Å². The van der Waals surface area contributed by atoms with Gasteiger partial charge in [0.25, 0.3) is 0 Å². The number of fused-ring (bicyclic) bond motifs is 2. The highest BCUT2D eigenvalue weighted by Gasteiger charge is 2.54. The van der Waals surface area contributed by atoms with Crippen LogP contribution in [-0.2, 0) is 20.3 Å². The molecule has 9 heteroatoms. The summed E-state index contributed by atoms with van der Waals surface area (Å²) >= 11 is 0. The van der Waals surface area contributed by atoms with Gasteiger partial charge in [0.1, 0.15) is 22.8 Å². The van der Waals surface area contributed by atoms with Gasteiger partial charge in [-0.2, -0.15) is 0 Å². The van der Waals surface area contributed by atoms with Crippen molar-refractivity contribution in [2.24, 2.45) is 35.5 Å². The number of carboxylic acid groups (broad SMARTS) is 2. The first-order valence-electron chi connectivity index (χ1n) is 27.4. The summed E-state index contributed by atoms with van der Waals surface area (Å²) in [5.74, 6) is 4.94. The van der Waals surface area contributed by atoms with Crippen LogP contribution < -0.4 is 9.47 Å². The van der Waals surface area contributed by atoms with Crippen LogP contribution in [0, 0.1) is 35.5 Å². The molecule has 6 aromatic rings. The molecule has 0 amide bonds. The minimum absolute atomic E-state index is 0.0747. The Balaban J connectivity index is 0.000000157. The quantitative estimate of drug-likeness (QED) is 0.0569. The number of benzene rings is 6. The van der Waals surface area contributed by atoms with Gasteiger partial charge >= 0.3 is 11.9 Å². The van der Waals surface area contributed by atoms with Gasteiger partial charge in [0.15, 0.2) is 6.79 Å². The third-order valence-corrected chi connectivity index (χ3v) is 18.1. The summed E-state index contributed by atoms with van der Waals surface area (Å²) in [5, 5.41) is 33.4. The first-order valence-corrected chi connectivity index (χ1v) is 27.4. The van der Waals surface area contributed by atoms with Crippen LogP contribution in [0.3, 0.4) is 0 Å². The fraction of sp³-hybridized carbons (Fsp3) is 0.469. The van der Waals surface area contributed by atoms with E-state index >= 15 is 0 Å². The number of hydrogen-bond acceptors (Lipinski definition) is 7. The SMILES string of the molecule is CCCCCCOc1cc2ccc(-c3ccc(C(=O)O)c(O)c3)cc2cc1C12CC3CC(CC(C3)C1)C2.COCCOCOc1cc2ccc(-c3ccc(C(=O)O)cc3)cc2cc1C12CC3CC(CC(C3)C1)C2. The zero-order valence-electron chi connectivity index (χ0n) is 42.7. The van der Waals surface area contributed by atoms with Crippen LogP contribution in [-0.4, -0.2) is 61.0 Å². The Labute approximate surface area is 430 Å². The van der Waals surface area contributed by atoms with Crippen LogP contribution in [0.2, 0.25) is 0 Å². The van der Waals surface area contributed by atoms with Crippen molar-refractivity contribution in [2.45, 2.75) is 120 Å². The third kappa shape index (κ3) is 10.2. The lowest BCUT2D eigenvalue weighted by atomic mass is 9.48. The highest BCUT2D eigenvalue weighted by atomic mass is 16.7. The number of carbonyl (C=O) groups is 2. The van der Waals surface area contributed by atoms with Crippen molar-refractivity contribution >= 4 is 33.5 Å². The van der Waals surface area contributed by atoms with Gasteiger partial charge in [-0.3, -0.25) is 0 Å². The Morgan fingerprint density at radius 3 is 1.47 bits per heavy atom. The zero-order valence-corrected chi connectivity index (χ0v) is 42.7. The van der Waals surface area contributed by atoms with E-state index in [2.05, 4.69) is 61.5 Å². The van der Waals surface area contributed by atoms with Gasteiger partial charge in [-0.05, 0) is 234 Å². The van der Waals surface area contributed by atoms with Crippen molar-refractivity contribution < 1.29 is 43.9 Å². The summed E-state index contributed by atoms with van der Waals surface area (Å²) in [7, 11) is 1.67. The minimum Gasteiger partial charge on any atom is -0.507 e. The van der Waals surface area contributed by atoms with Gasteiger partial charge in [-0.15, -0.1) is 0 Å². The number of carboxylic acids is 2. The Bertz CT molecular complexity index is 2920. The van der Waals surface area contributed by atoms with Gasteiger partial charge in [-0.1, -0.05) is 68.7 Å². The van der Waals surface area contributed by atoms with E-state index in [1.165, 1.54) is 124 Å². The molecule has 9 nitrogen and oxygen atoms in total. The van der Waals surface area contributed by atoms with E-state index in [1.54, 1.807) is 31.4 Å². The maximum absolute atomic E-state index is 11.3. The molecule has 14 rings (SSSR count). The topological polar surface area (TPSA) is 132 Å². The number of phenols is 1. The van der Waals surface area contributed by atoms with Crippen LogP contribution in [0.5, 0.6) is 17.2 Å². The highest BCUT2D eigenvalue weighted by molar-refractivity contribution is 5.94. The van der Waals surface area contributed by atoms with Crippen LogP contribution in [0.25, 0.3) is 43.8 Å². The normalized spacial score (nSPS) is 26.2. The second-order valence-electron chi connectivity index (χ2n) is 23.2. The van der Waals surface area contributed by atoms with Gasteiger partial charge in [0.2, 0.25) is 0 Å². The smallest absolute Gasteiger partial charge is 0.339 e. The molecule has 0 radical (unpaired) electrons. The molecule has 0 unspecified atom stereocenters. The molecule has 382 valence electrons. The van der Waals surface area contributed by atoms with Crippen molar-refractivity contribution in [3.8, 4) is 39.5 Å². The molecule has 6 aromatic carbocycles. The van der Waals surface area contributed by atoms with E-state index in [4.69, 9.17) is 18.9 Å². The number of aromatic carboxylic acids is 2. The molecule has 8 aliphatic carbocycles. The molecule has 0 aliphatic heterocycles. The third-order valence-electron chi connectivity index (χ3n) is 18.1. The predicted octanol–water partition coefficient (Wildman–Crippen LogP) is 15.0. The number of unbranched alkanes of at least 4 members (excludes halogenated alkanes) is 3. The lowest BCUT2D eigenvalue weighted by Gasteiger charge is -2.57. The Kier molecular flexibility index (Phi) is 14.0. The van der Waals surface area contributed by atoms with Crippen molar-refractivity contribution in [1.82, 2.24) is 0 Å². The van der Waals surface area contributed by atoms with E-state index in [-0.39, 0.29) is 28.9 Å². The molecule has 8 fully saturated rings. The summed E-state index contributed by atoms with van der Waals surface area (Å²) in [6.07, 6.45) is 20.9. The molecular formula is C64H72O9. The largest absolute Gasteiger partial charge is 0.507 e. The zero-order chi connectivity index (χ0) is 50.3. The van der Waals surface area contributed by atoms with E-state index < -0.39 is 11.9 Å². The number of ether oxygens (including phenoxy) is 4. The first-order chi connectivity index (χ1) is 35.5. The molecule has 8 saturated carbocycles. The van der Waals surface area contributed by atoms with Gasteiger partial charge < -0.3 is 34.3 Å². The molecule has 0 spiro atoms. The molecule has 8 aliphatic rings. The Morgan fingerprint density at radius 2 is 0.986 bits per heavy atom. The molecule has 0 saturated heterocycles. The second kappa shape index (κ2) is 20.8. The Hall–Kier alpha value is -5.90. The summed E-state index contributed by atoms with van der Waals surface area (Å²) in [6, 6.07) is 34.0. The van der Waals surface area contributed by atoms with Crippen molar-refractivity contribution in [3.63, 3.8) is 0 Å². The average molecular weight is 985 g/mol. The fourth-order valence-electron chi connectivity index (χ4n) is 15.6. The summed E-state index contributed by atoms with van der Waals surface area (Å²) in [6.45, 7) is 4.31. The molecule has 0 aromatic heterocycles. The molecule has 73 heavy (non-hydrogen) atoms. The number of rotatable bonds is 18. The van der Waals surface area contributed by atoms with Gasteiger partial charge in [0.05, 0.1) is 25.4 Å². The molecule has 3 N–H and O–H groups in total. The molecule has 8 bridgehead atoms. The van der Waals surface area contributed by atoms with Crippen molar-refractivity contribution in [3.05, 3.63) is 125 Å². The molecule has 0 atom stereocenters. The van der Waals surface area contributed by atoms with Crippen LogP contribution >= 0.6 is 0 Å². The fourth-order valence-corrected chi connectivity index (χ4v) is 15.6. The minimum atomic E-state index is -1.12. The second-order valence-corrected chi connectivity index (χ2v) is 23.2. The monoisotopic (exact) mass is 985 g/mol. The molecular weight excluding hydrogens is 913 g/mol. The van der Waals surface area contributed by atoms with Crippen molar-refractivity contribution in [2.75, 3.05) is 33.7 Å². The average Bonchev–Trinajstić information content (AvgIpc) is 3.37. The van der Waals surface area contributed by atoms with Crippen molar-refractivity contribution in [1.29, 1.82) is 0 Å². The summed E-state index contributed by atoms with van der Waals surface area (Å²) < 4.78 is 23.6. The van der Waals surface area contributed by atoms with E-state index in [1.807, 2.05) is 18.2 Å². The van der Waals surface area contributed by atoms with Crippen LogP contribution in [0.15, 0.2) is 103 Å².